The van der Waals surface area contributed by atoms with Crippen molar-refractivity contribution < 1.29 is 13.2 Å². The van der Waals surface area contributed by atoms with Gasteiger partial charge < -0.3 is 9.30 Å². The van der Waals surface area contributed by atoms with Gasteiger partial charge in [-0.2, -0.15) is 10.2 Å². The zero-order valence-electron chi connectivity index (χ0n) is 11.6. The summed E-state index contributed by atoms with van der Waals surface area (Å²) in [6, 6.07) is 3.78. The van der Waals surface area contributed by atoms with Gasteiger partial charge in [-0.1, -0.05) is 6.92 Å². The zero-order chi connectivity index (χ0) is 15.2. The van der Waals surface area contributed by atoms with Gasteiger partial charge in [0.25, 0.3) is 0 Å². The van der Waals surface area contributed by atoms with Crippen LogP contribution in [-0.2, 0) is 14.6 Å². The summed E-state index contributed by atoms with van der Waals surface area (Å²) >= 11 is 0. The number of sulfone groups is 1. The third kappa shape index (κ3) is 2.28. The first-order valence-electron chi connectivity index (χ1n) is 6.47. The molecule has 110 valence electrons. The number of hydrogen-bond donors (Lipinski definition) is 0. The number of rotatable bonds is 2. The van der Waals surface area contributed by atoms with E-state index in [4.69, 9.17) is 4.74 Å². The van der Waals surface area contributed by atoms with Gasteiger partial charge >= 0.3 is 0 Å². The van der Waals surface area contributed by atoms with Gasteiger partial charge in [0.15, 0.2) is 0 Å². The van der Waals surface area contributed by atoms with E-state index in [1.807, 2.05) is 6.92 Å². The lowest BCUT2D eigenvalue weighted by atomic mass is 10.1. The summed E-state index contributed by atoms with van der Waals surface area (Å²) in [5.41, 5.74) is 0.900. The number of aromatic nitrogens is 3. The van der Waals surface area contributed by atoms with Crippen LogP contribution in [0.3, 0.4) is 0 Å². The highest BCUT2D eigenvalue weighted by Crippen LogP contribution is 2.31. The average Bonchev–Trinajstić information content (AvgIpc) is 2.99. The predicted molar refractivity (Wildman–Crippen MR) is 74.4 cm³/mol. The molecule has 0 bridgehead atoms. The van der Waals surface area contributed by atoms with Crippen molar-refractivity contribution in [3.63, 3.8) is 0 Å². The van der Waals surface area contributed by atoms with E-state index in [1.165, 1.54) is 6.20 Å². The first kappa shape index (κ1) is 14.0. The summed E-state index contributed by atoms with van der Waals surface area (Å²) in [5, 5.41) is 9.74. The van der Waals surface area contributed by atoms with Crippen molar-refractivity contribution in [2.75, 3.05) is 19.5 Å². The van der Waals surface area contributed by atoms with E-state index < -0.39 is 9.84 Å². The molecule has 8 heteroatoms. The van der Waals surface area contributed by atoms with E-state index in [2.05, 4.69) is 16.0 Å². The molecule has 0 aliphatic carbocycles. The Bertz CT molecular complexity index is 850. The summed E-state index contributed by atoms with van der Waals surface area (Å²) in [6.07, 6.45) is 2.50. The fourth-order valence-electron chi connectivity index (χ4n) is 2.57. The highest BCUT2D eigenvalue weighted by Gasteiger charge is 2.30. The van der Waals surface area contributed by atoms with Crippen molar-refractivity contribution in [3.05, 3.63) is 18.0 Å². The Morgan fingerprint density at radius 2 is 2.24 bits per heavy atom. The average molecular weight is 306 g/mol. The van der Waals surface area contributed by atoms with Gasteiger partial charge in [-0.3, -0.25) is 0 Å². The Kier molecular flexibility index (Phi) is 3.19. The molecule has 1 aliphatic heterocycles. The Morgan fingerprint density at radius 3 is 2.81 bits per heavy atom. The van der Waals surface area contributed by atoms with Crippen LogP contribution in [0.4, 0.5) is 0 Å². The largest absolute Gasteiger partial charge is 0.379 e. The molecule has 2 aromatic rings. The molecule has 0 radical (unpaired) electrons. The summed E-state index contributed by atoms with van der Waals surface area (Å²) in [4.78, 5) is 8.01. The van der Waals surface area contributed by atoms with Crippen LogP contribution in [0.5, 0.6) is 0 Å². The van der Waals surface area contributed by atoms with Crippen molar-refractivity contribution in [1.82, 2.24) is 14.5 Å². The predicted octanol–water partition coefficient (Wildman–Crippen LogP) is 0.914. The van der Waals surface area contributed by atoms with Crippen LogP contribution in [0.2, 0.25) is 0 Å². The number of ether oxygens (including phenoxy) is 1. The summed E-state index contributed by atoms with van der Waals surface area (Å²) < 4.78 is 30.5. The maximum absolute atomic E-state index is 11.6. The summed E-state index contributed by atoms with van der Waals surface area (Å²) in [6.45, 7) is 3.13. The third-order valence-corrected chi connectivity index (χ3v) is 4.52. The summed E-state index contributed by atoms with van der Waals surface area (Å²) in [7, 11) is -3.50. The van der Waals surface area contributed by atoms with Gasteiger partial charge in [0.2, 0.25) is 15.0 Å². The first-order chi connectivity index (χ1) is 9.91. The molecule has 0 N–H and O–H groups in total. The second-order valence-electron chi connectivity index (χ2n) is 5.30. The Balaban J connectivity index is 2.28. The molecule has 2 atom stereocenters. The minimum Gasteiger partial charge on any atom is -0.379 e. The quantitative estimate of drug-likeness (QED) is 0.765. The van der Waals surface area contributed by atoms with Gasteiger partial charge in [0.1, 0.15) is 17.4 Å². The molecule has 1 saturated heterocycles. The first-order valence-corrected chi connectivity index (χ1v) is 8.37. The van der Waals surface area contributed by atoms with Crippen LogP contribution in [0.25, 0.3) is 11.0 Å². The van der Waals surface area contributed by atoms with Crippen molar-refractivity contribution >= 4 is 20.9 Å². The highest BCUT2D eigenvalue weighted by atomic mass is 32.2. The molecule has 3 rings (SSSR count). The fraction of sp³-hybridized carbons (Fsp3) is 0.462. The maximum Gasteiger partial charge on any atom is 0.248 e. The minimum absolute atomic E-state index is 0.0283. The Hall–Kier alpha value is -1.98. The lowest BCUT2D eigenvalue weighted by molar-refractivity contribution is 0.182. The van der Waals surface area contributed by atoms with E-state index in [0.717, 1.165) is 6.26 Å². The van der Waals surface area contributed by atoms with Crippen LogP contribution in [-0.4, -0.2) is 42.4 Å². The molecular weight excluding hydrogens is 292 g/mol. The smallest absolute Gasteiger partial charge is 0.248 e. The molecule has 1 aliphatic rings. The van der Waals surface area contributed by atoms with Crippen molar-refractivity contribution in [3.8, 4) is 6.07 Å². The Labute approximate surface area is 122 Å². The lowest BCUT2D eigenvalue weighted by Crippen LogP contribution is -2.17. The molecule has 0 saturated carbocycles. The van der Waals surface area contributed by atoms with Crippen molar-refractivity contribution in [1.29, 1.82) is 5.26 Å². The highest BCUT2D eigenvalue weighted by molar-refractivity contribution is 7.90. The maximum atomic E-state index is 11.6. The molecular formula is C13H14N4O3S. The molecule has 0 aromatic carbocycles. The van der Waals surface area contributed by atoms with Crippen LogP contribution in [0.15, 0.2) is 17.4 Å². The van der Waals surface area contributed by atoms with Gasteiger partial charge in [-0.05, 0) is 6.07 Å². The zero-order valence-corrected chi connectivity index (χ0v) is 12.5. The van der Waals surface area contributed by atoms with Crippen LogP contribution < -0.4 is 0 Å². The molecule has 1 fully saturated rings. The topological polar surface area (TPSA) is 97.9 Å². The molecule has 0 amide bonds. The van der Waals surface area contributed by atoms with E-state index >= 15 is 0 Å². The van der Waals surface area contributed by atoms with Gasteiger partial charge in [-0.25, -0.2) is 13.4 Å². The molecule has 3 heterocycles. The van der Waals surface area contributed by atoms with E-state index in [-0.39, 0.29) is 17.1 Å². The lowest BCUT2D eigenvalue weighted by Gasteiger charge is -2.17. The molecule has 7 nitrogen and oxygen atoms in total. The van der Waals surface area contributed by atoms with Gasteiger partial charge in [-0.15, -0.1) is 0 Å². The third-order valence-electron chi connectivity index (χ3n) is 3.66. The van der Waals surface area contributed by atoms with Gasteiger partial charge in [0.05, 0.1) is 19.3 Å². The minimum atomic E-state index is -3.50. The standard InChI is InChI=1S/C13H14N4O3S/c1-8-6-20-7-11(8)17-10(4-14)3-9-5-15-13(16-12(9)17)21(2,18)19/h3,5,8,11H,6-7H2,1-2H3/t8-,11+/m0/s1. The molecule has 2 aromatic heterocycles. The van der Waals surface area contributed by atoms with E-state index in [1.54, 1.807) is 10.6 Å². The SMILES string of the molecule is C[C@H]1COC[C@H]1n1c(C#N)cc2cnc(S(C)(=O)=O)nc21. The van der Waals surface area contributed by atoms with Crippen molar-refractivity contribution in [2.24, 2.45) is 5.92 Å². The normalized spacial score (nSPS) is 22.5. The van der Waals surface area contributed by atoms with Crippen LogP contribution >= 0.6 is 0 Å². The monoisotopic (exact) mass is 306 g/mol. The summed E-state index contributed by atoms with van der Waals surface area (Å²) in [5.74, 6) is 0.226. The van der Waals surface area contributed by atoms with Crippen molar-refractivity contribution in [2.45, 2.75) is 18.1 Å². The number of fused-ring (bicyclic) bond motifs is 1. The van der Waals surface area contributed by atoms with Gasteiger partial charge in [0, 0.05) is 23.8 Å². The van der Waals surface area contributed by atoms with Crippen LogP contribution in [0.1, 0.15) is 18.7 Å². The number of nitrogens with zero attached hydrogens (tertiary/aromatic N) is 4. The fourth-order valence-corrected chi connectivity index (χ4v) is 3.07. The number of nitriles is 1. The molecule has 0 spiro atoms. The number of hydrogen-bond acceptors (Lipinski definition) is 6. The van der Waals surface area contributed by atoms with Crippen LogP contribution in [0, 0.1) is 17.2 Å². The second kappa shape index (κ2) is 4.79. The van der Waals surface area contributed by atoms with E-state index in [0.29, 0.717) is 29.9 Å². The molecule has 0 unspecified atom stereocenters. The van der Waals surface area contributed by atoms with E-state index in [9.17, 15) is 13.7 Å². The Morgan fingerprint density at radius 1 is 1.48 bits per heavy atom. The molecule has 21 heavy (non-hydrogen) atoms. The second-order valence-corrected chi connectivity index (χ2v) is 7.21.